The standard InChI is InChI=1S/C22H24N2O4/c1-16(25)23-11-5-8-19(23)22(26)24(18-6-3-2-4-7-18)15-17-9-10-20-21(14-17)28-13-12-27-20/h2-4,6-7,9-10,14,19H,5,8,11-13,15H2,1H3/t19-/m0/s1. The summed E-state index contributed by atoms with van der Waals surface area (Å²) in [6.45, 7) is 3.64. The quantitative estimate of drug-likeness (QED) is 0.818. The average Bonchev–Trinajstić information content (AvgIpc) is 3.22. The zero-order valence-electron chi connectivity index (χ0n) is 16.0. The zero-order chi connectivity index (χ0) is 19.5. The van der Waals surface area contributed by atoms with E-state index in [0.29, 0.717) is 38.5 Å². The molecule has 0 aromatic heterocycles. The monoisotopic (exact) mass is 380 g/mol. The van der Waals surface area contributed by atoms with E-state index in [1.54, 1.807) is 9.80 Å². The van der Waals surface area contributed by atoms with Crippen LogP contribution in [0.2, 0.25) is 0 Å². The van der Waals surface area contributed by atoms with Crippen LogP contribution < -0.4 is 14.4 Å². The fourth-order valence-corrected chi connectivity index (χ4v) is 3.85. The van der Waals surface area contributed by atoms with Gasteiger partial charge in [-0.25, -0.2) is 0 Å². The van der Waals surface area contributed by atoms with Crippen molar-refractivity contribution in [2.24, 2.45) is 0 Å². The molecule has 146 valence electrons. The first kappa shape index (κ1) is 18.3. The van der Waals surface area contributed by atoms with Gasteiger partial charge in [0.05, 0.1) is 6.54 Å². The number of fused-ring (bicyclic) bond motifs is 1. The Balaban J connectivity index is 1.63. The first-order valence-corrected chi connectivity index (χ1v) is 9.65. The summed E-state index contributed by atoms with van der Waals surface area (Å²) in [4.78, 5) is 28.8. The Bertz CT molecular complexity index is 868. The van der Waals surface area contributed by atoms with E-state index >= 15 is 0 Å². The number of anilines is 1. The molecule has 2 aliphatic heterocycles. The van der Waals surface area contributed by atoms with E-state index < -0.39 is 6.04 Å². The second kappa shape index (κ2) is 7.92. The molecule has 2 aromatic carbocycles. The van der Waals surface area contributed by atoms with E-state index in [1.807, 2.05) is 48.5 Å². The van der Waals surface area contributed by atoms with Crippen LogP contribution in [0.3, 0.4) is 0 Å². The molecule has 0 radical (unpaired) electrons. The molecule has 0 saturated carbocycles. The minimum absolute atomic E-state index is 0.0474. The zero-order valence-corrected chi connectivity index (χ0v) is 16.0. The molecular formula is C22H24N2O4. The highest BCUT2D eigenvalue weighted by Crippen LogP contribution is 2.32. The number of hydrogen-bond acceptors (Lipinski definition) is 4. The van der Waals surface area contributed by atoms with Crippen molar-refractivity contribution in [3.05, 3.63) is 54.1 Å². The molecule has 1 saturated heterocycles. The topological polar surface area (TPSA) is 59.1 Å². The number of carbonyl (C=O) groups is 2. The maximum absolute atomic E-state index is 13.4. The van der Waals surface area contributed by atoms with Crippen molar-refractivity contribution in [2.45, 2.75) is 32.4 Å². The van der Waals surface area contributed by atoms with Gasteiger partial charge in [0.15, 0.2) is 11.5 Å². The van der Waals surface area contributed by atoms with Gasteiger partial charge in [0.25, 0.3) is 0 Å². The van der Waals surface area contributed by atoms with E-state index in [-0.39, 0.29) is 11.8 Å². The molecule has 6 nitrogen and oxygen atoms in total. The summed E-state index contributed by atoms with van der Waals surface area (Å²) in [6.07, 6.45) is 1.55. The molecule has 0 aliphatic carbocycles. The summed E-state index contributed by atoms with van der Waals surface area (Å²) in [7, 11) is 0. The SMILES string of the molecule is CC(=O)N1CCC[C@H]1C(=O)N(Cc1ccc2c(c1)OCCO2)c1ccccc1. The average molecular weight is 380 g/mol. The van der Waals surface area contributed by atoms with Crippen LogP contribution in [0.25, 0.3) is 0 Å². The van der Waals surface area contributed by atoms with E-state index in [4.69, 9.17) is 9.47 Å². The molecule has 0 bridgehead atoms. The second-order valence-electron chi connectivity index (χ2n) is 7.11. The van der Waals surface area contributed by atoms with Crippen molar-refractivity contribution in [1.29, 1.82) is 0 Å². The number of ether oxygens (including phenoxy) is 2. The van der Waals surface area contributed by atoms with Crippen LogP contribution in [0.4, 0.5) is 5.69 Å². The molecule has 2 heterocycles. The number of amides is 2. The predicted molar refractivity (Wildman–Crippen MR) is 105 cm³/mol. The highest BCUT2D eigenvalue weighted by molar-refractivity contribution is 5.99. The smallest absolute Gasteiger partial charge is 0.250 e. The molecule has 1 fully saturated rings. The summed E-state index contributed by atoms with van der Waals surface area (Å²) < 4.78 is 11.3. The third-order valence-electron chi connectivity index (χ3n) is 5.22. The van der Waals surface area contributed by atoms with Crippen molar-refractivity contribution >= 4 is 17.5 Å². The number of rotatable bonds is 4. The Kier molecular flexibility index (Phi) is 5.19. The summed E-state index contributed by atoms with van der Waals surface area (Å²) in [5.41, 5.74) is 1.77. The van der Waals surface area contributed by atoms with Gasteiger partial charge in [0, 0.05) is 19.2 Å². The van der Waals surface area contributed by atoms with E-state index in [9.17, 15) is 9.59 Å². The number of nitrogens with zero attached hydrogens (tertiary/aromatic N) is 2. The second-order valence-corrected chi connectivity index (χ2v) is 7.11. The fourth-order valence-electron chi connectivity index (χ4n) is 3.85. The van der Waals surface area contributed by atoms with Crippen LogP contribution in [-0.2, 0) is 16.1 Å². The maximum Gasteiger partial charge on any atom is 0.250 e. The molecule has 28 heavy (non-hydrogen) atoms. The Hall–Kier alpha value is -3.02. The summed E-state index contributed by atoms with van der Waals surface area (Å²) in [5, 5.41) is 0. The summed E-state index contributed by atoms with van der Waals surface area (Å²) >= 11 is 0. The van der Waals surface area contributed by atoms with Gasteiger partial charge in [-0.05, 0) is 42.7 Å². The lowest BCUT2D eigenvalue weighted by molar-refractivity contribution is -0.135. The van der Waals surface area contributed by atoms with Crippen molar-refractivity contribution < 1.29 is 19.1 Å². The number of hydrogen-bond donors (Lipinski definition) is 0. The molecule has 2 aliphatic rings. The Morgan fingerprint density at radius 1 is 1.07 bits per heavy atom. The van der Waals surface area contributed by atoms with Crippen molar-refractivity contribution in [2.75, 3.05) is 24.7 Å². The number of carbonyl (C=O) groups excluding carboxylic acids is 2. The molecule has 1 atom stereocenters. The van der Waals surface area contributed by atoms with Crippen LogP contribution in [0, 0.1) is 0 Å². The van der Waals surface area contributed by atoms with Gasteiger partial charge in [-0.2, -0.15) is 0 Å². The largest absolute Gasteiger partial charge is 0.486 e. The van der Waals surface area contributed by atoms with Crippen LogP contribution in [0.15, 0.2) is 48.5 Å². The predicted octanol–water partition coefficient (Wildman–Crippen LogP) is 3.00. The first-order valence-electron chi connectivity index (χ1n) is 9.65. The lowest BCUT2D eigenvalue weighted by atomic mass is 10.1. The normalized spacial score (nSPS) is 18.0. The maximum atomic E-state index is 13.4. The van der Waals surface area contributed by atoms with E-state index in [0.717, 1.165) is 23.4 Å². The Morgan fingerprint density at radius 2 is 1.82 bits per heavy atom. The molecule has 4 rings (SSSR count). The molecule has 2 aromatic rings. The molecular weight excluding hydrogens is 356 g/mol. The van der Waals surface area contributed by atoms with Gasteiger partial charge < -0.3 is 19.3 Å². The minimum atomic E-state index is -0.407. The van der Waals surface area contributed by atoms with Gasteiger partial charge in [0.1, 0.15) is 19.3 Å². The van der Waals surface area contributed by atoms with Gasteiger partial charge in [-0.15, -0.1) is 0 Å². The minimum Gasteiger partial charge on any atom is -0.486 e. The molecule has 2 amide bonds. The molecule has 0 unspecified atom stereocenters. The summed E-state index contributed by atoms with van der Waals surface area (Å²) in [6, 6.07) is 14.9. The Labute approximate surface area is 164 Å². The highest BCUT2D eigenvalue weighted by atomic mass is 16.6. The van der Waals surface area contributed by atoms with Crippen LogP contribution >= 0.6 is 0 Å². The lowest BCUT2D eigenvalue weighted by Crippen LogP contribution is -2.47. The van der Waals surface area contributed by atoms with Crippen molar-refractivity contribution in [1.82, 2.24) is 4.90 Å². The van der Waals surface area contributed by atoms with E-state index in [1.165, 1.54) is 6.92 Å². The van der Waals surface area contributed by atoms with Crippen LogP contribution in [-0.4, -0.2) is 42.5 Å². The van der Waals surface area contributed by atoms with Gasteiger partial charge >= 0.3 is 0 Å². The molecule has 0 spiro atoms. The van der Waals surface area contributed by atoms with Gasteiger partial charge in [-0.1, -0.05) is 24.3 Å². The third-order valence-corrected chi connectivity index (χ3v) is 5.22. The van der Waals surface area contributed by atoms with Gasteiger partial charge in [0.2, 0.25) is 11.8 Å². The highest BCUT2D eigenvalue weighted by Gasteiger charge is 2.35. The number of likely N-dealkylation sites (tertiary alicyclic amines) is 1. The van der Waals surface area contributed by atoms with Crippen LogP contribution in [0.5, 0.6) is 11.5 Å². The summed E-state index contributed by atoms with van der Waals surface area (Å²) in [5.74, 6) is 1.33. The lowest BCUT2D eigenvalue weighted by Gasteiger charge is -2.30. The first-order chi connectivity index (χ1) is 13.6. The number of benzene rings is 2. The number of para-hydroxylation sites is 1. The van der Waals surface area contributed by atoms with E-state index in [2.05, 4.69) is 0 Å². The molecule has 6 heteroatoms. The Morgan fingerprint density at radius 3 is 2.57 bits per heavy atom. The van der Waals surface area contributed by atoms with Crippen molar-refractivity contribution in [3.63, 3.8) is 0 Å². The third kappa shape index (κ3) is 3.67. The van der Waals surface area contributed by atoms with Crippen molar-refractivity contribution in [3.8, 4) is 11.5 Å². The fraction of sp³-hybridized carbons (Fsp3) is 0.364. The van der Waals surface area contributed by atoms with Gasteiger partial charge in [-0.3, -0.25) is 9.59 Å². The van der Waals surface area contributed by atoms with Crippen LogP contribution in [0.1, 0.15) is 25.3 Å². The molecule has 0 N–H and O–H groups in total.